The fourth-order valence-electron chi connectivity index (χ4n) is 7.97. The minimum absolute atomic E-state index is 0.107. The van der Waals surface area contributed by atoms with Crippen molar-refractivity contribution >= 4 is 11.9 Å². The zero-order valence-electron chi connectivity index (χ0n) is 37.6. The largest absolute Gasteiger partial charge is 0.481 e. The normalized spacial score (nSPS) is 45.5. The fraction of sp³-hybridized carbons (Fsp3) is 0.660. The van der Waals surface area contributed by atoms with Crippen molar-refractivity contribution in [3.63, 3.8) is 0 Å². The number of aliphatic hydroxyl groups excluding tert-OH is 9. The van der Waals surface area contributed by atoms with Crippen molar-refractivity contribution in [1.29, 1.82) is 0 Å². The van der Waals surface area contributed by atoms with E-state index in [1.807, 2.05) is 19.1 Å². The van der Waals surface area contributed by atoms with E-state index in [1.165, 1.54) is 13.0 Å². The summed E-state index contributed by atoms with van der Waals surface area (Å²) in [5.41, 5.74) is 6.02. The molecule has 2 bridgehead atoms. The molecule has 368 valence electrons. The number of fused-ring (bicyclic) bond motifs is 2. The number of aliphatic hydroxyl groups is 10. The average molecular weight is 924 g/mol. The quantitative estimate of drug-likeness (QED) is 0.174. The van der Waals surface area contributed by atoms with Crippen LogP contribution in [-0.4, -0.2) is 166 Å². The van der Waals surface area contributed by atoms with Crippen molar-refractivity contribution in [2.24, 2.45) is 23.5 Å². The second-order valence-corrected chi connectivity index (χ2v) is 17.6. The monoisotopic (exact) mass is 923 g/mol. The summed E-state index contributed by atoms with van der Waals surface area (Å²) in [6.07, 6.45) is 3.46. The Balaban J connectivity index is 1.86. The molecule has 3 heterocycles. The van der Waals surface area contributed by atoms with Gasteiger partial charge in [-0.25, -0.2) is 0 Å². The second-order valence-electron chi connectivity index (χ2n) is 17.6. The first-order chi connectivity index (χ1) is 30.6. The maximum absolute atomic E-state index is 12.6. The van der Waals surface area contributed by atoms with Crippen LogP contribution in [0.15, 0.2) is 85.1 Å². The molecule has 0 aromatic carbocycles. The van der Waals surface area contributed by atoms with Crippen LogP contribution in [0, 0.1) is 17.8 Å². The van der Waals surface area contributed by atoms with Crippen LogP contribution < -0.4 is 5.73 Å². The molecule has 0 radical (unpaired) electrons. The zero-order chi connectivity index (χ0) is 48.4. The Morgan fingerprint density at radius 2 is 1.23 bits per heavy atom. The predicted octanol–water partition coefficient (Wildman–Crippen LogP) is 0.712. The van der Waals surface area contributed by atoms with Crippen molar-refractivity contribution in [3.05, 3.63) is 85.1 Å². The van der Waals surface area contributed by atoms with E-state index < -0.39 is 147 Å². The molecule has 18 nitrogen and oxygen atoms in total. The van der Waals surface area contributed by atoms with Gasteiger partial charge in [-0.15, -0.1) is 0 Å². The minimum atomic E-state index is -2.33. The Morgan fingerprint density at radius 3 is 1.82 bits per heavy atom. The van der Waals surface area contributed by atoms with Gasteiger partial charge in [0, 0.05) is 37.5 Å². The highest BCUT2D eigenvalue weighted by Crippen LogP contribution is 2.38. The average Bonchev–Trinajstić information content (AvgIpc) is 3.21. The third-order valence-electron chi connectivity index (χ3n) is 12.0. The Labute approximate surface area is 381 Å². The molecular formula is C47H73NO17. The lowest BCUT2D eigenvalue weighted by Gasteiger charge is -2.45. The van der Waals surface area contributed by atoms with Crippen molar-refractivity contribution in [3.8, 4) is 0 Å². The number of carboxylic acid groups (broad SMARTS) is 1. The summed E-state index contributed by atoms with van der Waals surface area (Å²) in [6.45, 7) is 6.74. The van der Waals surface area contributed by atoms with E-state index in [-0.39, 0.29) is 31.6 Å². The van der Waals surface area contributed by atoms with Gasteiger partial charge in [0.25, 0.3) is 0 Å². The molecule has 19 atom stereocenters. The first-order valence-electron chi connectivity index (χ1n) is 22.3. The number of rotatable bonds is 3. The topological polar surface area (TPSA) is 320 Å². The van der Waals surface area contributed by atoms with Crippen LogP contribution in [0.5, 0.6) is 0 Å². The fourth-order valence-corrected chi connectivity index (χ4v) is 7.97. The molecule has 18 heteroatoms. The number of allylic oxidation sites excluding steroid dienone is 12. The number of esters is 1. The molecule has 0 aromatic heterocycles. The molecule has 2 saturated heterocycles. The van der Waals surface area contributed by atoms with E-state index in [9.17, 15) is 65.8 Å². The van der Waals surface area contributed by atoms with E-state index in [1.54, 1.807) is 80.7 Å². The molecule has 0 aliphatic carbocycles. The standard InChI is InChI=1S/C47H73NO17/c1-27-17-15-13-11-9-7-5-6-8-10-12-14-16-18-34(64-46-44(58)41(48)43(57)30(4)63-46)24-38-40(45(59)60)37(54)26-47(61,65-38)25-33(51)22-36(53)35(52)20-19-31(49)21-32(50)23-39(55)62-29(3)28(2)42(27)56/h5-18,27-38,40-44,46,49-54,56-58,61H,19-26,48H2,1-4H3,(H,59,60)/b6-5+,9-7+,10-8+,13-11+,14-12+,17-15+,18-16+/t27-,28-,29-,30-,31+,32+,33-,34-,35-,36+,37-,38+,40-,41+,42+,43+,44+,46+,47+/m0/s1. The van der Waals surface area contributed by atoms with Gasteiger partial charge in [-0.1, -0.05) is 98.9 Å². The number of carbonyl (C=O) groups is 2. The smallest absolute Gasteiger partial charge is 0.311 e. The van der Waals surface area contributed by atoms with Crippen LogP contribution in [0.2, 0.25) is 0 Å². The van der Waals surface area contributed by atoms with Gasteiger partial charge < -0.3 is 80.9 Å². The molecule has 0 saturated carbocycles. The minimum Gasteiger partial charge on any atom is -0.481 e. The van der Waals surface area contributed by atoms with Gasteiger partial charge in [-0.3, -0.25) is 9.59 Å². The third-order valence-corrected chi connectivity index (χ3v) is 12.0. The zero-order valence-corrected chi connectivity index (χ0v) is 37.6. The molecule has 65 heavy (non-hydrogen) atoms. The van der Waals surface area contributed by atoms with Gasteiger partial charge in [0.2, 0.25) is 0 Å². The SMILES string of the molecule is C[C@@H]1[C@H](O)[C@@H](C)/C=C/C=C/C=C/C=C/C=C/C=C/C=C/[C@H](O[C@H]2O[C@@H](C)[C@@H](O)[C@@H](N)[C@H]2O)C[C@H]2O[C@](O)(C[C@@H](O)C[C@@H](O)[C@@H](O)CC[C@@H](O)C[C@@H](O)CC(=O)O[C@H]1C)C[C@H](O)[C@@H]2C(=O)O. The summed E-state index contributed by atoms with van der Waals surface area (Å²) in [4.78, 5) is 25.1. The van der Waals surface area contributed by atoms with Gasteiger partial charge in [0.1, 0.15) is 18.1 Å². The highest BCUT2D eigenvalue weighted by atomic mass is 16.7. The summed E-state index contributed by atoms with van der Waals surface area (Å²) < 4.78 is 23.1. The molecule has 0 aromatic rings. The highest BCUT2D eigenvalue weighted by molar-refractivity contribution is 5.71. The van der Waals surface area contributed by atoms with E-state index in [4.69, 9.17) is 24.7 Å². The van der Waals surface area contributed by atoms with Crippen LogP contribution >= 0.6 is 0 Å². The van der Waals surface area contributed by atoms with Gasteiger partial charge >= 0.3 is 11.9 Å². The number of ether oxygens (including phenoxy) is 4. The van der Waals surface area contributed by atoms with Crippen molar-refractivity contribution < 1.29 is 84.7 Å². The Hall–Kier alpha value is -3.44. The lowest BCUT2D eigenvalue weighted by Crippen LogP contribution is -2.61. The van der Waals surface area contributed by atoms with Crippen LogP contribution in [0.1, 0.15) is 79.1 Å². The predicted molar refractivity (Wildman–Crippen MR) is 237 cm³/mol. The van der Waals surface area contributed by atoms with E-state index in [2.05, 4.69) is 0 Å². The van der Waals surface area contributed by atoms with Gasteiger partial charge in [0.05, 0.1) is 79.6 Å². The summed E-state index contributed by atoms with van der Waals surface area (Å²) in [5.74, 6) is -6.83. The second kappa shape index (κ2) is 27.4. The van der Waals surface area contributed by atoms with Gasteiger partial charge in [-0.2, -0.15) is 0 Å². The lowest BCUT2D eigenvalue weighted by atomic mass is 9.82. The first-order valence-corrected chi connectivity index (χ1v) is 22.3. The molecule has 3 aliphatic rings. The molecule has 2 fully saturated rings. The van der Waals surface area contributed by atoms with Crippen LogP contribution in [-0.2, 0) is 28.5 Å². The number of carboxylic acids is 1. The summed E-state index contributed by atoms with van der Waals surface area (Å²) in [5, 5.41) is 118. The van der Waals surface area contributed by atoms with Crippen molar-refractivity contribution in [2.45, 2.75) is 177 Å². The van der Waals surface area contributed by atoms with Crippen LogP contribution in [0.25, 0.3) is 0 Å². The molecule has 3 aliphatic heterocycles. The number of aliphatic carboxylic acids is 1. The molecule has 0 unspecified atom stereocenters. The Kier molecular flexibility index (Phi) is 23.6. The number of nitrogens with two attached hydrogens (primary N) is 1. The number of hydrogen-bond donors (Lipinski definition) is 12. The number of hydrogen-bond acceptors (Lipinski definition) is 17. The van der Waals surface area contributed by atoms with Gasteiger partial charge in [0.15, 0.2) is 12.1 Å². The summed E-state index contributed by atoms with van der Waals surface area (Å²) >= 11 is 0. The van der Waals surface area contributed by atoms with Gasteiger partial charge in [-0.05, 0) is 33.1 Å². The number of carbonyl (C=O) groups excluding carboxylic acids is 1. The maximum Gasteiger partial charge on any atom is 0.311 e. The lowest BCUT2D eigenvalue weighted by molar-refractivity contribution is -0.308. The van der Waals surface area contributed by atoms with E-state index in [0.29, 0.717) is 0 Å². The summed E-state index contributed by atoms with van der Waals surface area (Å²) in [6, 6.07) is -1.15. The summed E-state index contributed by atoms with van der Waals surface area (Å²) in [7, 11) is 0. The Bertz CT molecular complexity index is 1670. The molecule has 3 rings (SSSR count). The van der Waals surface area contributed by atoms with Crippen molar-refractivity contribution in [1.82, 2.24) is 0 Å². The molecule has 0 amide bonds. The van der Waals surface area contributed by atoms with Crippen LogP contribution in [0.3, 0.4) is 0 Å². The maximum atomic E-state index is 12.6. The molecule has 0 spiro atoms. The van der Waals surface area contributed by atoms with Crippen LogP contribution in [0.4, 0.5) is 0 Å². The Morgan fingerprint density at radius 1 is 0.662 bits per heavy atom. The number of cyclic esters (lactones) is 1. The van der Waals surface area contributed by atoms with E-state index in [0.717, 1.165) is 0 Å². The molecular weight excluding hydrogens is 851 g/mol. The highest BCUT2D eigenvalue weighted by Gasteiger charge is 2.51. The van der Waals surface area contributed by atoms with E-state index >= 15 is 0 Å². The van der Waals surface area contributed by atoms with Crippen molar-refractivity contribution in [2.75, 3.05) is 0 Å². The molecule has 13 N–H and O–H groups in total. The third kappa shape index (κ3) is 18.6. The first kappa shape index (κ1) is 55.9.